The fourth-order valence-electron chi connectivity index (χ4n) is 3.00. The van der Waals surface area contributed by atoms with E-state index in [1.165, 1.54) is 0 Å². The second kappa shape index (κ2) is 8.76. The molecule has 0 saturated heterocycles. The van der Waals surface area contributed by atoms with Crippen molar-refractivity contribution in [2.24, 2.45) is 0 Å². The Morgan fingerprint density at radius 1 is 0.862 bits per heavy atom. The Labute approximate surface area is 173 Å². The number of carbonyl (C=O) groups is 1. The molecule has 0 spiro atoms. The number of halogens is 1. The molecule has 0 saturated carbocycles. The topological polar surface area (TPSA) is 48.4 Å². The minimum absolute atomic E-state index is 0.153. The molecule has 3 aromatic carbocycles. The molecular weight excluding hydrogens is 386 g/mol. The van der Waals surface area contributed by atoms with E-state index in [9.17, 15) is 4.79 Å². The summed E-state index contributed by atoms with van der Waals surface area (Å²) in [6, 6.07) is 26.0. The van der Waals surface area contributed by atoms with Crippen LogP contribution in [0.2, 0.25) is 5.02 Å². The zero-order chi connectivity index (χ0) is 20.1. The number of ether oxygens (including phenoxy) is 2. The van der Waals surface area contributed by atoms with Gasteiger partial charge in [0.2, 0.25) is 0 Å². The van der Waals surface area contributed by atoms with Crippen molar-refractivity contribution >= 4 is 28.5 Å². The second-order valence-corrected chi connectivity index (χ2v) is 6.81. The van der Waals surface area contributed by atoms with E-state index in [1.807, 2.05) is 66.7 Å². The van der Waals surface area contributed by atoms with Crippen LogP contribution in [0.15, 0.2) is 84.9 Å². The van der Waals surface area contributed by atoms with Crippen molar-refractivity contribution in [3.63, 3.8) is 0 Å². The number of hydrogen-bond donors (Lipinski definition) is 0. The first-order chi connectivity index (χ1) is 14.2. The predicted octanol–water partition coefficient (Wildman–Crippen LogP) is 5.79. The molecule has 144 valence electrons. The molecule has 0 unspecified atom stereocenters. The second-order valence-electron chi connectivity index (χ2n) is 6.38. The number of benzene rings is 3. The summed E-state index contributed by atoms with van der Waals surface area (Å²) in [5, 5.41) is 1.40. The van der Waals surface area contributed by atoms with Gasteiger partial charge < -0.3 is 9.47 Å². The summed E-state index contributed by atoms with van der Waals surface area (Å²) >= 11 is 5.98. The minimum atomic E-state index is -0.407. The van der Waals surface area contributed by atoms with E-state index in [0.717, 1.165) is 22.2 Å². The lowest BCUT2D eigenvalue weighted by Gasteiger charge is -2.11. The molecule has 1 aromatic heterocycles. The van der Waals surface area contributed by atoms with Crippen molar-refractivity contribution < 1.29 is 14.3 Å². The first-order valence-electron chi connectivity index (χ1n) is 9.21. The largest absolute Gasteiger partial charge is 0.490 e. The highest BCUT2D eigenvalue weighted by molar-refractivity contribution is 6.30. The molecule has 0 bridgehead atoms. The van der Waals surface area contributed by atoms with Crippen molar-refractivity contribution in [2.45, 2.75) is 0 Å². The zero-order valence-electron chi connectivity index (χ0n) is 15.5. The van der Waals surface area contributed by atoms with Gasteiger partial charge in [-0.2, -0.15) is 0 Å². The number of para-hydroxylation sites is 2. The molecule has 0 atom stereocenters. The lowest BCUT2D eigenvalue weighted by Crippen LogP contribution is -2.13. The van der Waals surface area contributed by atoms with Gasteiger partial charge in [0.1, 0.15) is 19.0 Å². The van der Waals surface area contributed by atoms with Crippen molar-refractivity contribution in [2.75, 3.05) is 13.2 Å². The number of carbonyl (C=O) groups excluding carboxylic acids is 1. The number of aromatic nitrogens is 1. The van der Waals surface area contributed by atoms with Crippen LogP contribution < -0.4 is 4.74 Å². The van der Waals surface area contributed by atoms with Crippen LogP contribution in [0, 0.1) is 0 Å². The van der Waals surface area contributed by atoms with Gasteiger partial charge in [-0.25, -0.2) is 9.78 Å². The number of hydrogen-bond acceptors (Lipinski definition) is 4. The van der Waals surface area contributed by atoms with Gasteiger partial charge in [0.15, 0.2) is 0 Å². The van der Waals surface area contributed by atoms with E-state index in [1.54, 1.807) is 18.2 Å². The molecule has 0 aliphatic rings. The van der Waals surface area contributed by atoms with Gasteiger partial charge in [0, 0.05) is 16.0 Å². The molecule has 4 aromatic rings. The maximum atomic E-state index is 12.8. The van der Waals surface area contributed by atoms with Crippen LogP contribution in [-0.4, -0.2) is 24.2 Å². The van der Waals surface area contributed by atoms with Crippen molar-refractivity contribution in [1.82, 2.24) is 4.98 Å². The first kappa shape index (κ1) is 19.0. The molecule has 1 heterocycles. The number of pyridine rings is 1. The molecule has 0 N–H and O–H groups in total. The quantitative estimate of drug-likeness (QED) is 0.302. The standard InChI is InChI=1S/C24H18ClNO3/c25-18-12-10-17(11-13-18)23-16-21(20-8-4-5-9-22(20)26-23)24(27)29-15-14-28-19-6-2-1-3-7-19/h1-13,16H,14-15H2. The molecule has 0 amide bonds. The van der Waals surface area contributed by atoms with Crippen LogP contribution in [0.3, 0.4) is 0 Å². The average molecular weight is 404 g/mol. The summed E-state index contributed by atoms with van der Waals surface area (Å²) in [6.07, 6.45) is 0. The Balaban J connectivity index is 1.55. The molecule has 0 fully saturated rings. The highest BCUT2D eigenvalue weighted by Crippen LogP contribution is 2.26. The van der Waals surface area contributed by atoms with E-state index in [2.05, 4.69) is 4.98 Å². The van der Waals surface area contributed by atoms with Crippen molar-refractivity contribution in [3.8, 4) is 17.0 Å². The number of nitrogens with zero attached hydrogens (tertiary/aromatic N) is 1. The highest BCUT2D eigenvalue weighted by atomic mass is 35.5. The highest BCUT2D eigenvalue weighted by Gasteiger charge is 2.15. The monoisotopic (exact) mass is 403 g/mol. The lowest BCUT2D eigenvalue weighted by molar-refractivity contribution is 0.0452. The van der Waals surface area contributed by atoms with Crippen LogP contribution in [0.25, 0.3) is 22.2 Å². The summed E-state index contributed by atoms with van der Waals surface area (Å²) in [5.41, 5.74) is 2.77. The number of esters is 1. The summed E-state index contributed by atoms with van der Waals surface area (Å²) in [5.74, 6) is 0.332. The van der Waals surface area contributed by atoms with E-state index in [0.29, 0.717) is 16.3 Å². The molecule has 5 heteroatoms. The van der Waals surface area contributed by atoms with Crippen LogP contribution in [-0.2, 0) is 4.74 Å². The van der Waals surface area contributed by atoms with Crippen molar-refractivity contribution in [3.05, 3.63) is 95.5 Å². The maximum absolute atomic E-state index is 12.8. The molecule has 0 aliphatic carbocycles. The predicted molar refractivity (Wildman–Crippen MR) is 114 cm³/mol. The molecule has 4 rings (SSSR count). The van der Waals surface area contributed by atoms with Crippen LogP contribution in [0.5, 0.6) is 5.75 Å². The van der Waals surface area contributed by atoms with Gasteiger partial charge in [-0.15, -0.1) is 0 Å². The molecule has 29 heavy (non-hydrogen) atoms. The van der Waals surface area contributed by atoms with Gasteiger partial charge in [-0.3, -0.25) is 0 Å². The van der Waals surface area contributed by atoms with Crippen molar-refractivity contribution in [1.29, 1.82) is 0 Å². The summed E-state index contributed by atoms with van der Waals surface area (Å²) in [6.45, 7) is 0.434. The molecule has 0 aliphatic heterocycles. The Bertz CT molecular complexity index is 1130. The van der Waals surface area contributed by atoms with Gasteiger partial charge in [-0.1, -0.05) is 60.1 Å². The molecular formula is C24H18ClNO3. The average Bonchev–Trinajstić information content (AvgIpc) is 2.77. The number of fused-ring (bicyclic) bond motifs is 1. The van der Waals surface area contributed by atoms with Crippen LogP contribution >= 0.6 is 11.6 Å². The fraction of sp³-hybridized carbons (Fsp3) is 0.0833. The normalized spacial score (nSPS) is 10.7. The van der Waals surface area contributed by atoms with E-state index >= 15 is 0 Å². The number of rotatable bonds is 6. The van der Waals surface area contributed by atoms with Gasteiger partial charge in [0.25, 0.3) is 0 Å². The Morgan fingerprint density at radius 3 is 2.38 bits per heavy atom. The maximum Gasteiger partial charge on any atom is 0.339 e. The van der Waals surface area contributed by atoms with E-state index in [-0.39, 0.29) is 13.2 Å². The Hall–Kier alpha value is -3.37. The summed E-state index contributed by atoms with van der Waals surface area (Å²) in [7, 11) is 0. The Kier molecular flexibility index (Phi) is 5.73. The minimum Gasteiger partial charge on any atom is -0.490 e. The zero-order valence-corrected chi connectivity index (χ0v) is 16.3. The third-order valence-corrected chi connectivity index (χ3v) is 4.66. The molecule has 4 nitrogen and oxygen atoms in total. The third-order valence-electron chi connectivity index (χ3n) is 4.40. The van der Waals surface area contributed by atoms with E-state index < -0.39 is 5.97 Å². The summed E-state index contributed by atoms with van der Waals surface area (Å²) < 4.78 is 11.0. The van der Waals surface area contributed by atoms with Crippen LogP contribution in [0.1, 0.15) is 10.4 Å². The lowest BCUT2D eigenvalue weighted by atomic mass is 10.0. The smallest absolute Gasteiger partial charge is 0.339 e. The summed E-state index contributed by atoms with van der Waals surface area (Å²) in [4.78, 5) is 17.5. The van der Waals surface area contributed by atoms with Gasteiger partial charge in [0.05, 0.1) is 16.8 Å². The third kappa shape index (κ3) is 4.55. The fourth-order valence-corrected chi connectivity index (χ4v) is 3.13. The first-order valence-corrected chi connectivity index (χ1v) is 9.59. The van der Waals surface area contributed by atoms with Crippen LogP contribution in [0.4, 0.5) is 0 Å². The molecule has 0 radical (unpaired) electrons. The Morgan fingerprint density at radius 2 is 1.59 bits per heavy atom. The van der Waals surface area contributed by atoms with Gasteiger partial charge in [-0.05, 0) is 36.4 Å². The van der Waals surface area contributed by atoms with Gasteiger partial charge >= 0.3 is 5.97 Å². The SMILES string of the molecule is O=C(OCCOc1ccccc1)c1cc(-c2ccc(Cl)cc2)nc2ccccc12. The van der Waals surface area contributed by atoms with E-state index in [4.69, 9.17) is 21.1 Å².